The lowest BCUT2D eigenvalue weighted by Gasteiger charge is -2.29. The maximum absolute atomic E-state index is 9.51. The minimum absolute atomic E-state index is 0.0436. The normalized spacial score (nSPS) is 19.2. The van der Waals surface area contributed by atoms with Gasteiger partial charge in [-0.2, -0.15) is 0 Å². The van der Waals surface area contributed by atoms with E-state index in [2.05, 4.69) is 139 Å². The summed E-state index contributed by atoms with van der Waals surface area (Å²) >= 11 is 0. The molecule has 6 aromatic carbocycles. The average molecular weight is 913 g/mol. The molecule has 0 amide bonds. The average Bonchev–Trinajstić information content (AvgIpc) is 3.92. The van der Waals surface area contributed by atoms with E-state index in [1.165, 1.54) is 29.5 Å². The van der Waals surface area contributed by atoms with E-state index in [1.807, 2.05) is 41.0 Å². The maximum Gasteiger partial charge on any atom is 0.138 e. The maximum atomic E-state index is 9.51. The van der Waals surface area contributed by atoms with Gasteiger partial charge in [-0.15, -0.1) is 0 Å². The summed E-state index contributed by atoms with van der Waals surface area (Å²) in [5.41, 5.74) is 8.36. The van der Waals surface area contributed by atoms with Crippen molar-refractivity contribution >= 4 is 44.6 Å². The number of anilines is 4. The van der Waals surface area contributed by atoms with Gasteiger partial charge in [-0.25, -0.2) is 4.98 Å². The standard InChI is InChI=1S/C63H72N4O/c1-39(2)43-29-53(40(3)4)60(54(30-43)41(5)6)42-27-28-64-59(31-42)67-57-35-44(61(7,8)9)23-25-51(57)52-26-24-50(37-58(52)67)68-49-20-18-19-47(36-49)65-38-66(56-22-17-16-21-55(56)65)48-33-45(62(10,11)12)32-46(34-48)63(13,14)15/h16-37,39-41H,38H2,1-15H3/i1D3,3D3,5D3,39D,40D,41D. The number of pyridine rings is 1. The molecule has 350 valence electrons. The van der Waals surface area contributed by atoms with Crippen molar-refractivity contribution < 1.29 is 21.2 Å². The summed E-state index contributed by atoms with van der Waals surface area (Å²) < 4.78 is 113. The van der Waals surface area contributed by atoms with Gasteiger partial charge in [0.15, 0.2) is 0 Å². The number of hydrogen-bond donors (Lipinski definition) is 0. The molecule has 1 aliphatic rings. The minimum atomic E-state index is -3.04. The molecule has 9 rings (SSSR count). The van der Waals surface area contributed by atoms with Crippen molar-refractivity contribution in [2.45, 2.75) is 138 Å². The second kappa shape index (κ2) is 17.3. The molecule has 1 aliphatic heterocycles. The van der Waals surface area contributed by atoms with Gasteiger partial charge < -0.3 is 14.5 Å². The second-order valence-electron chi connectivity index (χ2n) is 21.6. The Morgan fingerprint density at radius 3 is 1.72 bits per heavy atom. The summed E-state index contributed by atoms with van der Waals surface area (Å²) in [4.78, 5) is 9.58. The van der Waals surface area contributed by atoms with E-state index in [0.717, 1.165) is 65.4 Å². The highest BCUT2D eigenvalue weighted by atomic mass is 16.5. The first-order valence-corrected chi connectivity index (χ1v) is 23.5. The van der Waals surface area contributed by atoms with Gasteiger partial charge in [-0.05, 0) is 145 Å². The molecule has 3 unspecified atom stereocenters. The fraction of sp³-hybridized carbons (Fsp3) is 0.349. The molecule has 5 heteroatoms. The molecule has 0 radical (unpaired) electrons. The van der Waals surface area contributed by atoms with Gasteiger partial charge in [0, 0.05) is 56.9 Å². The molecular weight excluding hydrogens is 829 g/mol. The third-order valence-corrected chi connectivity index (χ3v) is 13.3. The van der Waals surface area contributed by atoms with Crippen LogP contribution in [-0.4, -0.2) is 16.2 Å². The summed E-state index contributed by atoms with van der Waals surface area (Å²) in [6, 6.07) is 41.3. The summed E-state index contributed by atoms with van der Waals surface area (Å²) in [5, 5.41) is 1.78. The van der Waals surface area contributed by atoms with E-state index < -0.39 is 38.2 Å². The molecule has 3 atom stereocenters. The van der Waals surface area contributed by atoms with Crippen molar-refractivity contribution in [3.8, 4) is 28.4 Å². The lowest BCUT2D eigenvalue weighted by molar-refractivity contribution is 0.483. The van der Waals surface area contributed by atoms with Crippen molar-refractivity contribution in [2.24, 2.45) is 0 Å². The van der Waals surface area contributed by atoms with Crippen molar-refractivity contribution in [3.05, 3.63) is 167 Å². The summed E-state index contributed by atoms with van der Waals surface area (Å²) in [6.45, 7) is 14.9. The van der Waals surface area contributed by atoms with Crippen LogP contribution >= 0.6 is 0 Å². The summed E-state index contributed by atoms with van der Waals surface area (Å²) in [6.07, 6.45) is 1.51. The molecule has 0 N–H and O–H groups in total. The molecule has 0 saturated carbocycles. The Bertz CT molecular complexity index is 3620. The van der Waals surface area contributed by atoms with E-state index in [4.69, 9.17) is 23.4 Å². The zero-order valence-electron chi connectivity index (χ0n) is 53.6. The van der Waals surface area contributed by atoms with Crippen LogP contribution in [0.15, 0.2) is 134 Å². The number of ether oxygens (including phenoxy) is 1. The number of para-hydroxylation sites is 2. The van der Waals surface area contributed by atoms with Crippen molar-refractivity contribution in [2.75, 3.05) is 16.5 Å². The first kappa shape index (κ1) is 34.0. The van der Waals surface area contributed by atoms with Gasteiger partial charge in [0.05, 0.1) is 22.4 Å². The van der Waals surface area contributed by atoms with Crippen LogP contribution < -0.4 is 14.5 Å². The van der Waals surface area contributed by atoms with Crippen LogP contribution in [0.4, 0.5) is 22.7 Å². The predicted molar refractivity (Wildman–Crippen MR) is 291 cm³/mol. The Kier molecular flexibility index (Phi) is 8.67. The zero-order chi connectivity index (χ0) is 58.9. The summed E-state index contributed by atoms with van der Waals surface area (Å²) in [5.74, 6) is -5.89. The van der Waals surface area contributed by atoms with Crippen molar-refractivity contribution in [3.63, 3.8) is 0 Å². The zero-order valence-corrected chi connectivity index (χ0v) is 41.6. The van der Waals surface area contributed by atoms with E-state index >= 15 is 0 Å². The van der Waals surface area contributed by atoms with Crippen LogP contribution in [0.3, 0.4) is 0 Å². The Balaban J connectivity index is 1.19. The Hall–Kier alpha value is -6.33. The highest BCUT2D eigenvalue weighted by Crippen LogP contribution is 2.47. The van der Waals surface area contributed by atoms with E-state index in [0.29, 0.717) is 29.5 Å². The largest absolute Gasteiger partial charge is 0.457 e. The van der Waals surface area contributed by atoms with Crippen LogP contribution in [0.25, 0.3) is 38.8 Å². The Labute approximate surface area is 423 Å². The lowest BCUT2D eigenvalue weighted by atomic mass is 9.80. The molecule has 0 bridgehead atoms. The summed E-state index contributed by atoms with van der Waals surface area (Å²) in [7, 11) is 0. The van der Waals surface area contributed by atoms with E-state index in [-0.39, 0.29) is 44.1 Å². The Morgan fingerprint density at radius 1 is 0.544 bits per heavy atom. The third-order valence-electron chi connectivity index (χ3n) is 13.3. The first-order valence-electron chi connectivity index (χ1n) is 29.5. The number of nitrogens with zero attached hydrogens (tertiary/aromatic N) is 4. The number of aromatic nitrogens is 2. The quantitative estimate of drug-likeness (QED) is 0.144. The highest BCUT2D eigenvalue weighted by molar-refractivity contribution is 6.10. The van der Waals surface area contributed by atoms with Gasteiger partial charge in [0.1, 0.15) is 24.0 Å². The number of fused-ring (bicyclic) bond motifs is 4. The molecule has 5 nitrogen and oxygen atoms in total. The van der Waals surface area contributed by atoms with E-state index in [1.54, 1.807) is 12.1 Å². The topological polar surface area (TPSA) is 33.5 Å². The molecule has 3 heterocycles. The first-order chi connectivity index (χ1) is 36.7. The van der Waals surface area contributed by atoms with Gasteiger partial charge >= 0.3 is 0 Å². The van der Waals surface area contributed by atoms with Crippen LogP contribution in [0, 0.1) is 0 Å². The molecular formula is C63H72N4O. The fourth-order valence-electron chi connectivity index (χ4n) is 9.37. The number of rotatable bonds is 9. The predicted octanol–water partition coefficient (Wildman–Crippen LogP) is 18.1. The Morgan fingerprint density at radius 2 is 1.12 bits per heavy atom. The molecule has 68 heavy (non-hydrogen) atoms. The van der Waals surface area contributed by atoms with Gasteiger partial charge in [0.2, 0.25) is 0 Å². The molecule has 0 aliphatic carbocycles. The van der Waals surface area contributed by atoms with Crippen LogP contribution in [0.2, 0.25) is 0 Å². The molecule has 2 aromatic heterocycles. The van der Waals surface area contributed by atoms with Crippen molar-refractivity contribution in [1.29, 1.82) is 0 Å². The molecule has 0 saturated heterocycles. The lowest BCUT2D eigenvalue weighted by Crippen LogP contribution is -2.25. The van der Waals surface area contributed by atoms with Crippen LogP contribution in [0.1, 0.15) is 171 Å². The van der Waals surface area contributed by atoms with Crippen LogP contribution in [0.5, 0.6) is 11.5 Å². The monoisotopic (exact) mass is 913 g/mol. The number of hydrogen-bond acceptors (Lipinski definition) is 4. The minimum Gasteiger partial charge on any atom is -0.457 e. The van der Waals surface area contributed by atoms with Crippen LogP contribution in [-0.2, 0) is 16.2 Å². The SMILES string of the molecule is [2H]C([2H])([2H])C([2H])(C)c1cc(C([2H])(C)C([2H])([2H])[2H])c(-c2ccnc(-n3c4cc(Oc5cccc(N6CN(c7cc(C(C)(C)C)cc(C(C)(C)C)c7)c7ccccc76)c5)ccc4c4ccc(C(C)(C)C)cc43)c2)c(C([2H])(C)C([2H])([2H])[2H])c1. The third kappa shape index (κ3) is 8.81. The molecule has 8 aromatic rings. The van der Waals surface area contributed by atoms with Gasteiger partial charge in [0.25, 0.3) is 0 Å². The molecule has 0 fully saturated rings. The van der Waals surface area contributed by atoms with Gasteiger partial charge in [-0.3, -0.25) is 4.57 Å². The highest BCUT2D eigenvalue weighted by Gasteiger charge is 2.31. The number of benzene rings is 6. The smallest absolute Gasteiger partial charge is 0.138 e. The molecule has 0 spiro atoms. The fourth-order valence-corrected chi connectivity index (χ4v) is 9.37. The second-order valence-corrected chi connectivity index (χ2v) is 21.6. The van der Waals surface area contributed by atoms with Gasteiger partial charge in [-0.1, -0.05) is 152 Å². The van der Waals surface area contributed by atoms with Crippen molar-refractivity contribution in [1.82, 2.24) is 9.55 Å². The van der Waals surface area contributed by atoms with E-state index in [9.17, 15) is 2.74 Å².